The van der Waals surface area contributed by atoms with Crippen molar-refractivity contribution in [2.24, 2.45) is 0 Å². The van der Waals surface area contributed by atoms with E-state index in [0.29, 0.717) is 11.4 Å². The van der Waals surface area contributed by atoms with E-state index < -0.39 is 11.9 Å². The Hall–Kier alpha value is -1.33. The summed E-state index contributed by atoms with van der Waals surface area (Å²) in [6, 6.07) is 3.35. The predicted octanol–water partition coefficient (Wildman–Crippen LogP) is 0.173. The summed E-state index contributed by atoms with van der Waals surface area (Å²) in [4.78, 5) is 0. The molecular formula is C9H13FN2O2. The molecule has 0 atom stereocenters. The first kappa shape index (κ1) is 10.7. The van der Waals surface area contributed by atoms with Gasteiger partial charge in [-0.2, -0.15) is 0 Å². The SMILES string of the molecule is Nc1ccc(F)cc1NC(CO)CO. The normalized spacial score (nSPS) is 10.6. The number of benzene rings is 1. The molecule has 0 amide bonds. The van der Waals surface area contributed by atoms with Crippen molar-refractivity contribution in [1.82, 2.24) is 0 Å². The van der Waals surface area contributed by atoms with Crippen LogP contribution in [0.4, 0.5) is 15.8 Å². The first-order chi connectivity index (χ1) is 6.67. The fourth-order valence-corrected chi connectivity index (χ4v) is 1.02. The van der Waals surface area contributed by atoms with E-state index in [2.05, 4.69) is 5.32 Å². The molecule has 5 heteroatoms. The van der Waals surface area contributed by atoms with Gasteiger partial charge in [0, 0.05) is 0 Å². The highest BCUT2D eigenvalue weighted by molar-refractivity contribution is 5.66. The van der Waals surface area contributed by atoms with Gasteiger partial charge in [0.1, 0.15) is 5.82 Å². The standard InChI is InChI=1S/C9H13FN2O2/c10-6-1-2-8(11)9(3-6)12-7(4-13)5-14/h1-3,7,12-14H,4-5,11H2. The fraction of sp³-hybridized carbons (Fsp3) is 0.333. The molecule has 1 aromatic carbocycles. The first-order valence-corrected chi connectivity index (χ1v) is 4.20. The predicted molar refractivity (Wildman–Crippen MR) is 52.4 cm³/mol. The number of aliphatic hydroxyl groups is 2. The van der Waals surface area contributed by atoms with Crippen molar-refractivity contribution < 1.29 is 14.6 Å². The van der Waals surface area contributed by atoms with E-state index in [4.69, 9.17) is 15.9 Å². The molecule has 0 heterocycles. The summed E-state index contributed by atoms with van der Waals surface area (Å²) in [5.41, 5.74) is 6.30. The van der Waals surface area contributed by atoms with Gasteiger partial charge in [0.25, 0.3) is 0 Å². The summed E-state index contributed by atoms with van der Waals surface area (Å²) in [5, 5.41) is 20.3. The monoisotopic (exact) mass is 200 g/mol. The highest BCUT2D eigenvalue weighted by Gasteiger charge is 2.07. The van der Waals surface area contributed by atoms with Crippen LogP contribution in [0.15, 0.2) is 18.2 Å². The first-order valence-electron chi connectivity index (χ1n) is 4.20. The maximum atomic E-state index is 12.8. The van der Waals surface area contributed by atoms with Crippen LogP contribution < -0.4 is 11.1 Å². The average Bonchev–Trinajstić information content (AvgIpc) is 2.19. The summed E-state index contributed by atoms with van der Waals surface area (Å²) >= 11 is 0. The van der Waals surface area contributed by atoms with Gasteiger partial charge in [-0.05, 0) is 18.2 Å². The van der Waals surface area contributed by atoms with Crippen LogP contribution in [0, 0.1) is 5.82 Å². The summed E-state index contributed by atoms with van der Waals surface area (Å²) in [7, 11) is 0. The quantitative estimate of drug-likeness (QED) is 0.522. The Balaban J connectivity index is 2.79. The van der Waals surface area contributed by atoms with Crippen molar-refractivity contribution in [3.63, 3.8) is 0 Å². The number of rotatable bonds is 4. The third-order valence-electron chi connectivity index (χ3n) is 1.82. The lowest BCUT2D eigenvalue weighted by molar-refractivity contribution is 0.204. The molecule has 0 aliphatic rings. The molecule has 14 heavy (non-hydrogen) atoms. The zero-order chi connectivity index (χ0) is 10.6. The van der Waals surface area contributed by atoms with Crippen LogP contribution in [0.25, 0.3) is 0 Å². The van der Waals surface area contributed by atoms with Gasteiger partial charge in [0.05, 0.1) is 30.6 Å². The molecule has 0 saturated heterocycles. The number of halogens is 1. The molecule has 0 fully saturated rings. The molecule has 78 valence electrons. The molecule has 0 saturated carbocycles. The molecule has 0 bridgehead atoms. The number of nitrogens with one attached hydrogen (secondary N) is 1. The smallest absolute Gasteiger partial charge is 0.125 e. The van der Waals surface area contributed by atoms with Crippen molar-refractivity contribution in [1.29, 1.82) is 0 Å². The minimum atomic E-state index is -0.529. The summed E-state index contributed by atoms with van der Waals surface area (Å²) < 4.78 is 12.8. The molecule has 1 rings (SSSR count). The van der Waals surface area contributed by atoms with Crippen molar-refractivity contribution in [3.05, 3.63) is 24.0 Å². The van der Waals surface area contributed by atoms with Crippen LogP contribution in [0.2, 0.25) is 0 Å². The Labute approximate surface area is 81.2 Å². The minimum Gasteiger partial charge on any atom is -0.397 e. The second-order valence-corrected chi connectivity index (χ2v) is 2.94. The van der Waals surface area contributed by atoms with Gasteiger partial charge in [-0.1, -0.05) is 0 Å². The Kier molecular flexibility index (Phi) is 3.67. The zero-order valence-corrected chi connectivity index (χ0v) is 7.57. The van der Waals surface area contributed by atoms with Crippen LogP contribution in [-0.4, -0.2) is 29.5 Å². The van der Waals surface area contributed by atoms with E-state index in [-0.39, 0.29) is 13.2 Å². The lowest BCUT2D eigenvalue weighted by Gasteiger charge is -2.16. The van der Waals surface area contributed by atoms with Gasteiger partial charge in [-0.25, -0.2) is 4.39 Å². The second-order valence-electron chi connectivity index (χ2n) is 2.94. The van der Waals surface area contributed by atoms with E-state index >= 15 is 0 Å². The molecular weight excluding hydrogens is 187 g/mol. The maximum absolute atomic E-state index is 12.8. The molecule has 0 spiro atoms. The van der Waals surface area contributed by atoms with Crippen LogP contribution in [0.1, 0.15) is 0 Å². The third kappa shape index (κ3) is 2.58. The maximum Gasteiger partial charge on any atom is 0.125 e. The third-order valence-corrected chi connectivity index (χ3v) is 1.82. The summed E-state index contributed by atoms with van der Waals surface area (Å²) in [6.45, 7) is -0.487. The molecule has 0 unspecified atom stereocenters. The summed E-state index contributed by atoms with van der Waals surface area (Å²) in [6.07, 6.45) is 0. The molecule has 5 N–H and O–H groups in total. The van der Waals surface area contributed by atoms with Crippen LogP contribution >= 0.6 is 0 Å². The number of hydrogen-bond donors (Lipinski definition) is 4. The summed E-state index contributed by atoms with van der Waals surface area (Å²) in [5.74, 6) is -0.420. The molecule has 4 nitrogen and oxygen atoms in total. The van der Waals surface area contributed by atoms with E-state index in [0.717, 1.165) is 0 Å². The van der Waals surface area contributed by atoms with Crippen LogP contribution in [0.5, 0.6) is 0 Å². The molecule has 0 aliphatic heterocycles. The van der Waals surface area contributed by atoms with Crippen molar-refractivity contribution in [2.75, 3.05) is 24.3 Å². The van der Waals surface area contributed by atoms with E-state index in [1.807, 2.05) is 0 Å². The van der Waals surface area contributed by atoms with Gasteiger partial charge >= 0.3 is 0 Å². The number of nitrogen functional groups attached to an aromatic ring is 1. The lowest BCUT2D eigenvalue weighted by atomic mass is 10.2. The van der Waals surface area contributed by atoms with Crippen molar-refractivity contribution in [2.45, 2.75) is 6.04 Å². The van der Waals surface area contributed by atoms with Crippen molar-refractivity contribution in [3.8, 4) is 0 Å². The Morgan fingerprint density at radius 1 is 1.36 bits per heavy atom. The van der Waals surface area contributed by atoms with Gasteiger partial charge in [0.2, 0.25) is 0 Å². The fourth-order valence-electron chi connectivity index (χ4n) is 1.02. The number of anilines is 2. The Morgan fingerprint density at radius 2 is 2.00 bits per heavy atom. The van der Waals surface area contributed by atoms with Crippen LogP contribution in [0.3, 0.4) is 0 Å². The molecule has 1 aromatic rings. The largest absolute Gasteiger partial charge is 0.397 e. The van der Waals surface area contributed by atoms with E-state index in [9.17, 15) is 4.39 Å². The topological polar surface area (TPSA) is 78.5 Å². The molecule has 0 aromatic heterocycles. The molecule has 0 radical (unpaired) electrons. The van der Waals surface area contributed by atoms with Gasteiger partial charge in [-0.15, -0.1) is 0 Å². The second kappa shape index (κ2) is 4.78. The molecule has 0 aliphatic carbocycles. The number of nitrogens with two attached hydrogens (primary N) is 1. The average molecular weight is 200 g/mol. The van der Waals surface area contributed by atoms with Crippen molar-refractivity contribution >= 4 is 11.4 Å². The zero-order valence-electron chi connectivity index (χ0n) is 7.57. The lowest BCUT2D eigenvalue weighted by Crippen LogP contribution is -2.28. The Bertz CT molecular complexity index is 303. The Morgan fingerprint density at radius 3 is 2.57 bits per heavy atom. The highest BCUT2D eigenvalue weighted by atomic mass is 19.1. The number of aliphatic hydroxyl groups excluding tert-OH is 2. The van der Waals surface area contributed by atoms with Gasteiger partial charge < -0.3 is 21.3 Å². The highest BCUT2D eigenvalue weighted by Crippen LogP contribution is 2.19. The van der Waals surface area contributed by atoms with Gasteiger partial charge in [-0.3, -0.25) is 0 Å². The minimum absolute atomic E-state index is 0.244. The number of hydrogen-bond acceptors (Lipinski definition) is 4. The van der Waals surface area contributed by atoms with Crippen LogP contribution in [-0.2, 0) is 0 Å². The van der Waals surface area contributed by atoms with Gasteiger partial charge in [0.15, 0.2) is 0 Å². The van der Waals surface area contributed by atoms with E-state index in [1.165, 1.54) is 18.2 Å². The van der Waals surface area contributed by atoms with E-state index in [1.54, 1.807) is 0 Å².